The minimum absolute atomic E-state index is 0.0655. The van der Waals surface area contributed by atoms with E-state index in [4.69, 9.17) is 4.74 Å². The number of halogens is 10. The van der Waals surface area contributed by atoms with E-state index in [2.05, 4.69) is 61.5 Å². The van der Waals surface area contributed by atoms with Gasteiger partial charge in [0.25, 0.3) is 0 Å². The van der Waals surface area contributed by atoms with Gasteiger partial charge in [-0.15, -0.1) is 0 Å². The molecule has 0 bridgehead atoms. The molecule has 0 aromatic heterocycles. The van der Waals surface area contributed by atoms with E-state index in [1.54, 1.807) is 0 Å². The zero-order valence-electron chi connectivity index (χ0n) is 20.9. The quantitative estimate of drug-likeness (QED) is 0.0840. The Morgan fingerprint density at radius 1 is 0.775 bits per heavy atom. The Labute approximate surface area is 251 Å². The second-order valence-electron chi connectivity index (χ2n) is 8.06. The zero-order chi connectivity index (χ0) is 30.7. The average Bonchev–Trinajstić information content (AvgIpc) is 2.83. The van der Waals surface area contributed by atoms with Crippen LogP contribution in [0.15, 0.2) is 54.6 Å². The molecule has 0 saturated carbocycles. The Balaban J connectivity index is 0.000000410. The lowest BCUT2D eigenvalue weighted by atomic mass is 10.1. The number of hydrogen-bond donors (Lipinski definition) is 0. The molecule has 0 spiro atoms. The van der Waals surface area contributed by atoms with E-state index in [1.807, 2.05) is 4.74 Å². The molecular weight excluding hydrogens is 806 g/mol. The SMILES string of the molecule is CCCCCCCCOc1ccc([I+]c2ccccc2)cc1.O=S(=O)([O-])C(F)(F)C(F)(F)OC(F)(F)C(F)(F)I. The summed E-state index contributed by atoms with van der Waals surface area (Å²) in [4.78, 5) is 0. The van der Waals surface area contributed by atoms with E-state index in [9.17, 15) is 48.1 Å². The van der Waals surface area contributed by atoms with Crippen LogP contribution in [-0.4, -0.2) is 41.0 Å². The highest BCUT2D eigenvalue weighted by molar-refractivity contribution is 14.1. The summed E-state index contributed by atoms with van der Waals surface area (Å²) in [6.45, 7) is 3.10. The fourth-order valence-electron chi connectivity index (χ4n) is 2.69. The van der Waals surface area contributed by atoms with Crippen molar-refractivity contribution in [1.29, 1.82) is 0 Å². The number of alkyl halides is 9. The van der Waals surface area contributed by atoms with Crippen molar-refractivity contribution in [2.75, 3.05) is 6.61 Å². The third-order valence-corrected chi connectivity index (χ3v) is 8.95. The van der Waals surface area contributed by atoms with E-state index in [0.29, 0.717) is 0 Å². The fourth-order valence-corrected chi connectivity index (χ4v) is 5.35. The van der Waals surface area contributed by atoms with Crippen LogP contribution in [0.5, 0.6) is 5.75 Å². The summed E-state index contributed by atoms with van der Waals surface area (Å²) in [6, 6.07) is 19.4. The molecule has 16 heteroatoms. The largest absolute Gasteiger partial charge is 0.743 e. The molecule has 2 aromatic rings. The Kier molecular flexibility index (Phi) is 14.8. The summed E-state index contributed by atoms with van der Waals surface area (Å²) in [7, 11) is -7.12. The van der Waals surface area contributed by atoms with Crippen LogP contribution < -0.4 is 25.9 Å². The molecular formula is C24H26F8I2O5S. The third kappa shape index (κ3) is 12.1. The molecule has 0 aliphatic heterocycles. The third-order valence-electron chi connectivity index (χ3n) is 4.77. The van der Waals surface area contributed by atoms with Crippen molar-refractivity contribution in [2.45, 2.75) is 66.8 Å². The normalized spacial score (nSPS) is 13.0. The van der Waals surface area contributed by atoms with Crippen molar-refractivity contribution in [3.63, 3.8) is 0 Å². The number of unbranched alkanes of at least 4 members (excludes halogenated alkanes) is 5. The van der Waals surface area contributed by atoms with Gasteiger partial charge in [0, 0.05) is 22.6 Å². The van der Waals surface area contributed by atoms with Crippen LogP contribution in [0.2, 0.25) is 0 Å². The van der Waals surface area contributed by atoms with Crippen molar-refractivity contribution in [3.05, 3.63) is 61.7 Å². The molecule has 0 heterocycles. The molecule has 0 atom stereocenters. The topological polar surface area (TPSA) is 75.7 Å². The van der Waals surface area contributed by atoms with E-state index >= 15 is 0 Å². The Morgan fingerprint density at radius 2 is 1.27 bits per heavy atom. The molecule has 228 valence electrons. The molecule has 0 radical (unpaired) electrons. The van der Waals surface area contributed by atoms with Crippen molar-refractivity contribution >= 4 is 32.7 Å². The standard InChI is InChI=1S/C20H26IO.C4HF8IO4S/c1-2-3-4-5-6-10-17-22-20-15-13-19(14-16-20)21-18-11-8-7-9-12-18;5-1(6,13)2(7,8)17-3(9,10)4(11,12)18(14,15)16/h7-9,11-16H,2-6,10,17H2,1H3;(H,14,15,16)/q+1;/p-1. The van der Waals surface area contributed by atoms with Gasteiger partial charge in [-0.05, 0) is 42.8 Å². The van der Waals surface area contributed by atoms with Crippen LogP contribution in [0.4, 0.5) is 35.1 Å². The van der Waals surface area contributed by atoms with Crippen molar-refractivity contribution in [1.82, 2.24) is 0 Å². The molecule has 0 N–H and O–H groups in total. The Morgan fingerprint density at radius 3 is 1.77 bits per heavy atom. The molecule has 0 amide bonds. The molecule has 0 aliphatic carbocycles. The Bertz CT molecular complexity index is 1120. The zero-order valence-corrected chi connectivity index (χ0v) is 26.0. The molecule has 5 nitrogen and oxygen atoms in total. The van der Waals surface area contributed by atoms with Gasteiger partial charge in [0.15, 0.2) is 17.3 Å². The fraction of sp³-hybridized carbons (Fsp3) is 0.500. The molecule has 0 fully saturated rings. The van der Waals surface area contributed by atoms with Crippen LogP contribution in [-0.2, 0) is 14.9 Å². The van der Waals surface area contributed by atoms with E-state index in [0.717, 1.165) is 12.4 Å². The van der Waals surface area contributed by atoms with Crippen LogP contribution in [0.3, 0.4) is 0 Å². The summed E-state index contributed by atoms with van der Waals surface area (Å²) in [5, 5.41) is -6.65. The summed E-state index contributed by atoms with van der Waals surface area (Å²) in [5.74, 6) is 1.01. The lowest BCUT2D eigenvalue weighted by Gasteiger charge is -2.31. The van der Waals surface area contributed by atoms with Gasteiger partial charge in [0.1, 0.15) is 5.75 Å². The minimum Gasteiger partial charge on any atom is -0.743 e. The average molecular weight is 832 g/mol. The van der Waals surface area contributed by atoms with Crippen molar-refractivity contribution < 1.29 is 78.8 Å². The van der Waals surface area contributed by atoms with E-state index in [1.165, 1.54) is 45.7 Å². The maximum absolute atomic E-state index is 12.4. The highest BCUT2D eigenvalue weighted by atomic mass is 127. The highest BCUT2D eigenvalue weighted by Crippen LogP contribution is 2.48. The summed E-state index contributed by atoms with van der Waals surface area (Å²) in [5.41, 5.74) is 0. The first-order valence-corrected chi connectivity index (χ1v) is 16.3. The van der Waals surface area contributed by atoms with Crippen LogP contribution in [0.25, 0.3) is 0 Å². The maximum atomic E-state index is 12.4. The lowest BCUT2D eigenvalue weighted by Crippen LogP contribution is -3.61. The molecule has 0 aliphatic rings. The first-order valence-electron chi connectivity index (χ1n) is 11.6. The number of benzene rings is 2. The summed E-state index contributed by atoms with van der Waals surface area (Å²) in [6.07, 6.45) is -4.93. The molecule has 2 aromatic carbocycles. The van der Waals surface area contributed by atoms with Gasteiger partial charge >= 0.3 is 42.6 Å². The monoisotopic (exact) mass is 832 g/mol. The number of ether oxygens (including phenoxy) is 2. The summed E-state index contributed by atoms with van der Waals surface area (Å²) < 4.78 is 132. The van der Waals surface area contributed by atoms with Gasteiger partial charge in [-0.3, -0.25) is 0 Å². The smallest absolute Gasteiger partial charge is 0.438 e. The van der Waals surface area contributed by atoms with E-state index in [-0.39, 0.29) is 21.2 Å². The van der Waals surface area contributed by atoms with Gasteiger partial charge < -0.3 is 9.29 Å². The maximum Gasteiger partial charge on any atom is 0.438 e. The predicted octanol–water partition coefficient (Wildman–Crippen LogP) is 4.91. The van der Waals surface area contributed by atoms with Gasteiger partial charge in [-0.2, -0.15) is 35.1 Å². The predicted molar refractivity (Wildman–Crippen MR) is 134 cm³/mol. The Hall–Kier alpha value is -0.990. The second-order valence-corrected chi connectivity index (χ2v) is 13.9. The van der Waals surface area contributed by atoms with Crippen molar-refractivity contribution in [2.24, 2.45) is 0 Å². The molecule has 2 rings (SSSR count). The number of hydrogen-bond acceptors (Lipinski definition) is 5. The second kappa shape index (κ2) is 16.0. The summed E-state index contributed by atoms with van der Waals surface area (Å²) >= 11 is -0.471. The van der Waals surface area contributed by atoms with E-state index < -0.39 is 54.1 Å². The number of rotatable bonds is 15. The molecule has 40 heavy (non-hydrogen) atoms. The first kappa shape index (κ1) is 37.0. The van der Waals surface area contributed by atoms with Crippen molar-refractivity contribution in [3.8, 4) is 5.75 Å². The van der Waals surface area contributed by atoms with Crippen LogP contribution >= 0.6 is 22.6 Å². The van der Waals surface area contributed by atoms with Gasteiger partial charge in [0.05, 0.1) is 6.61 Å². The minimum atomic E-state index is -7.12. The first-order chi connectivity index (χ1) is 18.3. The highest BCUT2D eigenvalue weighted by Gasteiger charge is 2.71. The van der Waals surface area contributed by atoms with Crippen LogP contribution in [0.1, 0.15) is 45.4 Å². The van der Waals surface area contributed by atoms with Crippen LogP contribution in [0, 0.1) is 7.14 Å². The van der Waals surface area contributed by atoms with Gasteiger partial charge in [-0.1, -0.05) is 57.2 Å². The van der Waals surface area contributed by atoms with Gasteiger partial charge in [-0.25, -0.2) is 13.2 Å². The molecule has 0 unspecified atom stereocenters. The molecule has 0 saturated heterocycles. The van der Waals surface area contributed by atoms with Gasteiger partial charge in [0.2, 0.25) is 0 Å². The lowest BCUT2D eigenvalue weighted by molar-refractivity contribution is -0.597.